The lowest BCUT2D eigenvalue weighted by Crippen LogP contribution is -1.99. The van der Waals surface area contributed by atoms with Crippen LogP contribution >= 0.6 is 0 Å². The molecular formula is C4H7NO4S. The van der Waals surface area contributed by atoms with E-state index in [2.05, 4.69) is 0 Å². The first kappa shape index (κ1) is 9.09. The smallest absolute Gasteiger partial charge is 0.231 e. The highest BCUT2D eigenvalue weighted by molar-refractivity contribution is 7.90. The molecule has 0 saturated heterocycles. The van der Waals surface area contributed by atoms with Gasteiger partial charge in [0.05, 0.1) is 10.7 Å². The van der Waals surface area contributed by atoms with Gasteiger partial charge in [0.25, 0.3) is 0 Å². The van der Waals surface area contributed by atoms with Gasteiger partial charge in [0.2, 0.25) is 6.20 Å². The van der Waals surface area contributed by atoms with Gasteiger partial charge in [-0.1, -0.05) is 0 Å². The Morgan fingerprint density at radius 2 is 2.10 bits per heavy atom. The first-order valence-electron chi connectivity index (χ1n) is 2.40. The van der Waals surface area contributed by atoms with E-state index >= 15 is 0 Å². The summed E-state index contributed by atoms with van der Waals surface area (Å²) < 4.78 is 20.7. The van der Waals surface area contributed by atoms with Gasteiger partial charge in [0.15, 0.2) is 9.84 Å². The van der Waals surface area contributed by atoms with Crippen LogP contribution < -0.4 is 0 Å². The number of sulfone groups is 1. The van der Waals surface area contributed by atoms with E-state index in [1.807, 2.05) is 0 Å². The van der Waals surface area contributed by atoms with Gasteiger partial charge in [-0.05, 0) is 0 Å². The molecule has 0 atom stereocenters. The van der Waals surface area contributed by atoms with Crippen molar-refractivity contribution in [2.24, 2.45) is 0 Å². The molecule has 0 unspecified atom stereocenters. The highest BCUT2D eigenvalue weighted by Crippen LogP contribution is 1.83. The van der Waals surface area contributed by atoms with E-state index in [0.717, 1.165) is 12.3 Å². The summed E-state index contributed by atoms with van der Waals surface area (Å²) in [6, 6.07) is 0. The molecule has 0 saturated carbocycles. The van der Waals surface area contributed by atoms with Crippen molar-refractivity contribution in [1.29, 1.82) is 0 Å². The minimum Gasteiger partial charge on any atom is -0.259 e. The number of hydrogen-bond acceptors (Lipinski definition) is 4. The second-order valence-corrected chi connectivity index (χ2v) is 3.95. The SMILES string of the molecule is CS(=O)(=O)C/C=C/[N+](=O)[O-]. The van der Waals surface area contributed by atoms with Crippen LogP contribution in [-0.2, 0) is 9.84 Å². The molecule has 5 nitrogen and oxygen atoms in total. The first-order valence-corrected chi connectivity index (χ1v) is 4.46. The summed E-state index contributed by atoms with van der Waals surface area (Å²) in [7, 11) is -3.11. The fraction of sp³-hybridized carbons (Fsp3) is 0.500. The van der Waals surface area contributed by atoms with Gasteiger partial charge < -0.3 is 0 Å². The molecule has 10 heavy (non-hydrogen) atoms. The van der Waals surface area contributed by atoms with E-state index in [0.29, 0.717) is 6.20 Å². The molecule has 0 aromatic heterocycles. The molecule has 0 bridgehead atoms. The van der Waals surface area contributed by atoms with E-state index in [-0.39, 0.29) is 5.75 Å². The Morgan fingerprint density at radius 1 is 1.60 bits per heavy atom. The molecule has 0 radical (unpaired) electrons. The molecular weight excluding hydrogens is 158 g/mol. The van der Waals surface area contributed by atoms with Gasteiger partial charge in [-0.15, -0.1) is 0 Å². The molecule has 0 heterocycles. The lowest BCUT2D eigenvalue weighted by atomic mass is 10.7. The van der Waals surface area contributed by atoms with Gasteiger partial charge in [0, 0.05) is 12.3 Å². The molecule has 0 fully saturated rings. The fourth-order valence-corrected chi connectivity index (χ4v) is 0.740. The largest absolute Gasteiger partial charge is 0.259 e. The third-order valence-electron chi connectivity index (χ3n) is 0.626. The van der Waals surface area contributed by atoms with Crippen molar-refractivity contribution in [3.8, 4) is 0 Å². The highest BCUT2D eigenvalue weighted by atomic mass is 32.2. The minimum atomic E-state index is -3.11. The van der Waals surface area contributed by atoms with Crippen LogP contribution in [0.5, 0.6) is 0 Å². The van der Waals surface area contributed by atoms with Gasteiger partial charge in [0.1, 0.15) is 0 Å². The van der Waals surface area contributed by atoms with Crippen molar-refractivity contribution in [3.63, 3.8) is 0 Å². The predicted molar refractivity (Wildman–Crippen MR) is 35.8 cm³/mol. The molecule has 0 aliphatic heterocycles. The highest BCUT2D eigenvalue weighted by Gasteiger charge is 1.97. The Hall–Kier alpha value is -0.910. The van der Waals surface area contributed by atoms with Crippen LogP contribution in [-0.4, -0.2) is 25.3 Å². The Bertz CT molecular complexity index is 240. The van der Waals surface area contributed by atoms with Crippen LogP contribution in [0.3, 0.4) is 0 Å². The molecule has 0 aliphatic carbocycles. The summed E-state index contributed by atoms with van der Waals surface area (Å²) in [5, 5.41) is 9.61. The molecule has 6 heteroatoms. The molecule has 58 valence electrons. The number of nitrogens with zero attached hydrogens (tertiary/aromatic N) is 1. The second-order valence-electron chi connectivity index (χ2n) is 1.76. The van der Waals surface area contributed by atoms with E-state index < -0.39 is 14.8 Å². The molecule has 0 amide bonds. The lowest BCUT2D eigenvalue weighted by Gasteiger charge is -1.84. The standard InChI is InChI=1S/C4H7NO4S/c1-10(8,9)4-2-3-5(6)7/h2-3H,4H2,1H3/b3-2+. The van der Waals surface area contributed by atoms with Crippen molar-refractivity contribution >= 4 is 9.84 Å². The third kappa shape index (κ3) is 7.09. The summed E-state index contributed by atoms with van der Waals surface area (Å²) in [4.78, 5) is 8.91. The summed E-state index contributed by atoms with van der Waals surface area (Å²) in [6.45, 7) is 0. The van der Waals surface area contributed by atoms with Crippen LogP contribution in [0.2, 0.25) is 0 Å². The molecule has 0 N–H and O–H groups in total. The van der Waals surface area contributed by atoms with Crippen molar-refractivity contribution in [2.75, 3.05) is 12.0 Å². The monoisotopic (exact) mass is 165 g/mol. The zero-order valence-electron chi connectivity index (χ0n) is 5.35. The van der Waals surface area contributed by atoms with Crippen molar-refractivity contribution in [1.82, 2.24) is 0 Å². The van der Waals surface area contributed by atoms with Crippen LogP contribution in [0, 0.1) is 10.1 Å². The first-order chi connectivity index (χ1) is 4.42. The van der Waals surface area contributed by atoms with Crippen molar-refractivity contribution < 1.29 is 13.3 Å². The zero-order valence-corrected chi connectivity index (χ0v) is 6.17. The maximum absolute atomic E-state index is 10.3. The Kier molecular flexibility index (Phi) is 3.01. The quantitative estimate of drug-likeness (QED) is 0.429. The van der Waals surface area contributed by atoms with Gasteiger partial charge in [-0.3, -0.25) is 10.1 Å². The maximum atomic E-state index is 10.3. The van der Waals surface area contributed by atoms with E-state index in [1.54, 1.807) is 0 Å². The van der Waals surface area contributed by atoms with Crippen LogP contribution in [0.15, 0.2) is 12.3 Å². The molecule has 0 rings (SSSR count). The van der Waals surface area contributed by atoms with E-state index in [1.165, 1.54) is 0 Å². The summed E-state index contributed by atoms with van der Waals surface area (Å²) >= 11 is 0. The average Bonchev–Trinajstić information content (AvgIpc) is 1.59. The van der Waals surface area contributed by atoms with Crippen LogP contribution in [0.4, 0.5) is 0 Å². The lowest BCUT2D eigenvalue weighted by molar-refractivity contribution is -0.402. The predicted octanol–water partition coefficient (Wildman–Crippen LogP) is -0.179. The molecule has 0 spiro atoms. The van der Waals surface area contributed by atoms with Gasteiger partial charge >= 0.3 is 0 Å². The van der Waals surface area contributed by atoms with Crippen LogP contribution in [0.1, 0.15) is 0 Å². The topological polar surface area (TPSA) is 77.3 Å². The number of nitro groups is 1. The van der Waals surface area contributed by atoms with Gasteiger partial charge in [-0.2, -0.15) is 0 Å². The third-order valence-corrected chi connectivity index (χ3v) is 1.42. The van der Waals surface area contributed by atoms with E-state index in [9.17, 15) is 18.5 Å². The summed E-state index contributed by atoms with van der Waals surface area (Å²) in [5.74, 6) is -0.284. The fourth-order valence-electron chi connectivity index (χ4n) is 0.304. The Morgan fingerprint density at radius 3 is 2.40 bits per heavy atom. The second kappa shape index (κ2) is 3.31. The van der Waals surface area contributed by atoms with E-state index in [4.69, 9.17) is 0 Å². The minimum absolute atomic E-state index is 0.284. The van der Waals surface area contributed by atoms with Crippen molar-refractivity contribution in [2.45, 2.75) is 0 Å². The molecule has 0 aliphatic rings. The summed E-state index contributed by atoms with van der Waals surface area (Å²) in [5.41, 5.74) is 0. The Balaban J connectivity index is 3.88. The molecule has 0 aromatic carbocycles. The maximum Gasteiger partial charge on any atom is 0.231 e. The Labute approximate surface area is 58.4 Å². The molecule has 0 aromatic rings. The number of hydrogen-bond donors (Lipinski definition) is 0. The van der Waals surface area contributed by atoms with Crippen molar-refractivity contribution in [3.05, 3.63) is 22.4 Å². The normalized spacial score (nSPS) is 12.1. The van der Waals surface area contributed by atoms with Crippen LogP contribution in [0.25, 0.3) is 0 Å². The summed E-state index contributed by atoms with van der Waals surface area (Å²) in [6.07, 6.45) is 2.62. The zero-order chi connectivity index (χ0) is 8.20. The van der Waals surface area contributed by atoms with Gasteiger partial charge in [-0.25, -0.2) is 8.42 Å². The average molecular weight is 165 g/mol. The number of rotatable bonds is 3.